The van der Waals surface area contributed by atoms with E-state index in [-0.39, 0.29) is 12.1 Å². The van der Waals surface area contributed by atoms with Gasteiger partial charge in [-0.05, 0) is 34.1 Å². The molecule has 0 bridgehead atoms. The Bertz CT molecular complexity index is 484. The lowest BCUT2D eigenvalue weighted by molar-refractivity contribution is 0.0293. The van der Waals surface area contributed by atoms with Crippen molar-refractivity contribution in [2.24, 2.45) is 0 Å². The van der Waals surface area contributed by atoms with E-state index in [1.807, 2.05) is 33.8 Å². The lowest BCUT2D eigenvalue weighted by Crippen LogP contribution is -2.36. The summed E-state index contributed by atoms with van der Waals surface area (Å²) in [5.74, 6) is 0.800. The van der Waals surface area contributed by atoms with Gasteiger partial charge in [0.05, 0.1) is 0 Å². The quantitative estimate of drug-likeness (QED) is 0.898. The molecule has 0 spiro atoms. The van der Waals surface area contributed by atoms with Crippen LogP contribution >= 0.6 is 0 Å². The molecule has 110 valence electrons. The van der Waals surface area contributed by atoms with Crippen molar-refractivity contribution < 1.29 is 9.53 Å². The number of hydrogen-bond acceptors (Lipinski definition) is 5. The van der Waals surface area contributed by atoms with Gasteiger partial charge >= 0.3 is 6.09 Å². The van der Waals surface area contributed by atoms with Gasteiger partial charge in [0.1, 0.15) is 17.7 Å². The van der Waals surface area contributed by atoms with Gasteiger partial charge < -0.3 is 15.0 Å². The second-order valence-electron chi connectivity index (χ2n) is 6.10. The van der Waals surface area contributed by atoms with Gasteiger partial charge in [0, 0.05) is 30.9 Å². The van der Waals surface area contributed by atoms with Gasteiger partial charge in [0.2, 0.25) is 0 Å². The molecule has 1 aliphatic heterocycles. The number of hydrogen-bond donors (Lipinski definition) is 1. The normalized spacial score (nSPS) is 19.0. The number of carbonyl (C=O) groups excluding carboxylic acids is 1. The first-order valence-electron chi connectivity index (χ1n) is 6.86. The number of nitrogens with one attached hydrogen (secondary N) is 1. The highest BCUT2D eigenvalue weighted by Gasteiger charge is 2.29. The Morgan fingerprint density at radius 2 is 2.20 bits per heavy atom. The lowest BCUT2D eigenvalue weighted by Gasteiger charge is -2.24. The van der Waals surface area contributed by atoms with Gasteiger partial charge in [-0.25, -0.2) is 14.8 Å². The smallest absolute Gasteiger partial charge is 0.410 e. The van der Waals surface area contributed by atoms with E-state index in [4.69, 9.17) is 4.74 Å². The first kappa shape index (κ1) is 14.6. The van der Waals surface area contributed by atoms with Crippen molar-refractivity contribution in [3.63, 3.8) is 0 Å². The lowest BCUT2D eigenvalue weighted by atomic mass is 10.2. The molecule has 6 heteroatoms. The molecule has 0 saturated carbocycles. The van der Waals surface area contributed by atoms with E-state index in [1.54, 1.807) is 4.90 Å². The monoisotopic (exact) mass is 278 g/mol. The van der Waals surface area contributed by atoms with Crippen LogP contribution in [0.4, 0.5) is 10.6 Å². The van der Waals surface area contributed by atoms with Crippen LogP contribution in [0.5, 0.6) is 0 Å². The first-order valence-corrected chi connectivity index (χ1v) is 6.86. The maximum Gasteiger partial charge on any atom is 0.410 e. The van der Waals surface area contributed by atoms with Crippen LogP contribution in [-0.2, 0) is 4.74 Å². The standard InChI is InChI=1S/C14H22N4O2/c1-10-7-12(16-9-15-10)17-11-5-6-18(8-11)13(19)20-14(2,3)4/h7,9,11H,5-6,8H2,1-4H3,(H,15,16,17)/t11-/m0/s1. The van der Waals surface area contributed by atoms with Crippen LogP contribution in [-0.4, -0.2) is 45.7 Å². The number of anilines is 1. The summed E-state index contributed by atoms with van der Waals surface area (Å²) < 4.78 is 5.37. The highest BCUT2D eigenvalue weighted by atomic mass is 16.6. The van der Waals surface area contributed by atoms with Crippen LogP contribution in [0.25, 0.3) is 0 Å². The van der Waals surface area contributed by atoms with Gasteiger partial charge in [-0.2, -0.15) is 0 Å². The molecule has 1 aromatic rings. The number of aryl methyl sites for hydroxylation is 1. The van der Waals surface area contributed by atoms with Crippen LogP contribution in [0.3, 0.4) is 0 Å². The molecule has 1 atom stereocenters. The molecular weight excluding hydrogens is 256 g/mol. The zero-order valence-electron chi connectivity index (χ0n) is 12.5. The van der Waals surface area contributed by atoms with Crippen LogP contribution < -0.4 is 5.32 Å². The molecule has 1 saturated heterocycles. The third-order valence-corrected chi connectivity index (χ3v) is 3.00. The minimum Gasteiger partial charge on any atom is -0.444 e. The maximum absolute atomic E-state index is 12.0. The Hall–Kier alpha value is -1.85. The molecule has 2 rings (SSSR count). The Kier molecular flexibility index (Phi) is 4.11. The molecule has 2 heterocycles. The average Bonchev–Trinajstić information content (AvgIpc) is 2.75. The predicted octanol–water partition coefficient (Wildman–Crippen LogP) is 2.21. The first-order chi connectivity index (χ1) is 9.33. The maximum atomic E-state index is 12.0. The van der Waals surface area contributed by atoms with Crippen molar-refractivity contribution in [3.8, 4) is 0 Å². The summed E-state index contributed by atoms with van der Waals surface area (Å²) >= 11 is 0. The fourth-order valence-electron chi connectivity index (χ4n) is 2.11. The van der Waals surface area contributed by atoms with Gasteiger partial charge in [0.15, 0.2) is 0 Å². The van der Waals surface area contributed by atoms with E-state index >= 15 is 0 Å². The molecule has 0 aromatic carbocycles. The topological polar surface area (TPSA) is 67.4 Å². The predicted molar refractivity (Wildman–Crippen MR) is 76.6 cm³/mol. The Morgan fingerprint density at radius 3 is 2.85 bits per heavy atom. The third-order valence-electron chi connectivity index (χ3n) is 3.00. The summed E-state index contributed by atoms with van der Waals surface area (Å²) in [6.45, 7) is 8.89. The highest BCUT2D eigenvalue weighted by molar-refractivity contribution is 5.68. The number of amides is 1. The van der Waals surface area contributed by atoms with E-state index in [9.17, 15) is 4.79 Å². The van der Waals surface area contributed by atoms with E-state index in [1.165, 1.54) is 6.33 Å². The fourth-order valence-corrected chi connectivity index (χ4v) is 2.11. The Balaban J connectivity index is 1.88. The number of likely N-dealkylation sites (tertiary alicyclic amines) is 1. The fraction of sp³-hybridized carbons (Fsp3) is 0.643. The Morgan fingerprint density at radius 1 is 1.45 bits per heavy atom. The summed E-state index contributed by atoms with van der Waals surface area (Å²) in [7, 11) is 0. The van der Waals surface area contributed by atoms with Gasteiger partial charge in [-0.3, -0.25) is 0 Å². The summed E-state index contributed by atoms with van der Waals surface area (Å²) in [5.41, 5.74) is 0.469. The zero-order valence-corrected chi connectivity index (χ0v) is 12.5. The molecule has 20 heavy (non-hydrogen) atoms. The number of aromatic nitrogens is 2. The van der Waals surface area contributed by atoms with E-state index in [0.717, 1.165) is 17.9 Å². The minimum atomic E-state index is -0.452. The molecule has 0 aliphatic carbocycles. The number of ether oxygens (including phenoxy) is 1. The zero-order chi connectivity index (χ0) is 14.8. The van der Waals surface area contributed by atoms with E-state index in [2.05, 4.69) is 15.3 Å². The number of nitrogens with zero attached hydrogens (tertiary/aromatic N) is 3. The van der Waals surface area contributed by atoms with Crippen molar-refractivity contribution in [2.45, 2.75) is 45.8 Å². The average molecular weight is 278 g/mol. The molecule has 1 amide bonds. The molecule has 1 N–H and O–H groups in total. The largest absolute Gasteiger partial charge is 0.444 e. The molecule has 0 radical (unpaired) electrons. The van der Waals surface area contributed by atoms with Crippen molar-refractivity contribution in [2.75, 3.05) is 18.4 Å². The van der Waals surface area contributed by atoms with E-state index < -0.39 is 5.60 Å². The second kappa shape index (κ2) is 5.64. The SMILES string of the molecule is Cc1cc(N[C@H]2CCN(C(=O)OC(C)(C)C)C2)ncn1. The Labute approximate surface area is 119 Å². The third kappa shape index (κ3) is 4.08. The molecular formula is C14H22N4O2. The summed E-state index contributed by atoms with van der Waals surface area (Å²) in [5, 5.41) is 3.33. The van der Waals surface area contributed by atoms with Crippen molar-refractivity contribution >= 4 is 11.9 Å². The summed E-state index contributed by atoms with van der Waals surface area (Å²) in [6, 6.07) is 2.10. The van der Waals surface area contributed by atoms with Crippen LogP contribution in [0.1, 0.15) is 32.9 Å². The summed E-state index contributed by atoms with van der Waals surface area (Å²) in [4.78, 5) is 21.9. The molecule has 1 aliphatic rings. The summed E-state index contributed by atoms with van der Waals surface area (Å²) in [6.07, 6.45) is 2.18. The second-order valence-corrected chi connectivity index (χ2v) is 6.10. The van der Waals surface area contributed by atoms with Gasteiger partial charge in [0.25, 0.3) is 0 Å². The molecule has 6 nitrogen and oxygen atoms in total. The van der Waals surface area contributed by atoms with Crippen LogP contribution in [0, 0.1) is 6.92 Å². The van der Waals surface area contributed by atoms with E-state index in [0.29, 0.717) is 13.1 Å². The highest BCUT2D eigenvalue weighted by Crippen LogP contribution is 2.17. The van der Waals surface area contributed by atoms with Crippen molar-refractivity contribution in [3.05, 3.63) is 18.1 Å². The molecule has 1 fully saturated rings. The van der Waals surface area contributed by atoms with Gasteiger partial charge in [-0.15, -0.1) is 0 Å². The number of carbonyl (C=O) groups is 1. The van der Waals surface area contributed by atoms with Crippen LogP contribution in [0.15, 0.2) is 12.4 Å². The number of rotatable bonds is 2. The molecule has 0 unspecified atom stereocenters. The van der Waals surface area contributed by atoms with Crippen molar-refractivity contribution in [1.82, 2.24) is 14.9 Å². The minimum absolute atomic E-state index is 0.205. The van der Waals surface area contributed by atoms with Crippen LogP contribution in [0.2, 0.25) is 0 Å². The van der Waals surface area contributed by atoms with Crippen molar-refractivity contribution in [1.29, 1.82) is 0 Å². The van der Waals surface area contributed by atoms with Gasteiger partial charge in [-0.1, -0.05) is 0 Å². The molecule has 1 aromatic heterocycles.